The van der Waals surface area contributed by atoms with Crippen LogP contribution in [0.2, 0.25) is 5.02 Å². The minimum Gasteiger partial charge on any atom is -0.506 e. The quantitative estimate of drug-likeness (QED) is 0.776. The van der Waals surface area contributed by atoms with Crippen molar-refractivity contribution in [1.82, 2.24) is 0 Å². The van der Waals surface area contributed by atoms with Gasteiger partial charge in [-0.25, -0.2) is 4.39 Å². The van der Waals surface area contributed by atoms with E-state index in [1.54, 1.807) is 0 Å². The van der Waals surface area contributed by atoms with Crippen LogP contribution in [0.1, 0.15) is 18.4 Å². The smallest absolute Gasteiger partial charge is 0.134 e. The lowest BCUT2D eigenvalue weighted by atomic mass is 9.97. The second-order valence-corrected chi connectivity index (χ2v) is 3.83. The van der Waals surface area contributed by atoms with Crippen molar-refractivity contribution in [3.63, 3.8) is 0 Å². The lowest BCUT2D eigenvalue weighted by Gasteiger charge is -2.10. The summed E-state index contributed by atoms with van der Waals surface area (Å²) in [4.78, 5) is 0. The van der Waals surface area contributed by atoms with Crippen LogP contribution in [0.15, 0.2) is 12.1 Å². The Hall–Kier alpha value is -1.27. The molecule has 4 heteroatoms. The summed E-state index contributed by atoms with van der Waals surface area (Å²) < 4.78 is 13.4. The fourth-order valence-corrected chi connectivity index (χ4v) is 1.86. The van der Waals surface area contributed by atoms with Crippen LogP contribution < -0.4 is 0 Å². The van der Waals surface area contributed by atoms with E-state index in [0.717, 1.165) is 6.07 Å². The zero-order valence-corrected chi connectivity index (χ0v) is 7.98. The predicted molar refractivity (Wildman–Crippen MR) is 49.6 cm³/mol. The van der Waals surface area contributed by atoms with E-state index in [9.17, 15) is 9.50 Å². The highest BCUT2D eigenvalue weighted by atomic mass is 35.5. The van der Waals surface area contributed by atoms with Gasteiger partial charge in [-0.15, -0.1) is 0 Å². The molecule has 1 saturated carbocycles. The SMILES string of the molecule is N#CC1(c2c(F)ccc(O)c2Cl)CC1. The third-order valence-corrected chi connectivity index (χ3v) is 2.90. The van der Waals surface area contributed by atoms with Crippen LogP contribution in [0, 0.1) is 17.1 Å². The predicted octanol–water partition coefficient (Wildman–Crippen LogP) is 2.74. The van der Waals surface area contributed by atoms with Crippen molar-refractivity contribution in [3.8, 4) is 11.8 Å². The van der Waals surface area contributed by atoms with Crippen LogP contribution in [-0.2, 0) is 5.41 Å². The number of phenols is 1. The third-order valence-electron chi connectivity index (χ3n) is 2.51. The molecule has 1 aliphatic carbocycles. The monoisotopic (exact) mass is 211 g/mol. The molecule has 72 valence electrons. The van der Waals surface area contributed by atoms with Gasteiger partial charge >= 0.3 is 0 Å². The molecule has 2 rings (SSSR count). The highest BCUT2D eigenvalue weighted by molar-refractivity contribution is 6.33. The van der Waals surface area contributed by atoms with Gasteiger partial charge in [0.1, 0.15) is 11.6 Å². The normalized spacial score (nSPS) is 17.5. The van der Waals surface area contributed by atoms with Gasteiger partial charge < -0.3 is 5.11 Å². The molecule has 1 aromatic rings. The average molecular weight is 212 g/mol. The molecule has 0 heterocycles. The number of benzene rings is 1. The van der Waals surface area contributed by atoms with E-state index in [1.165, 1.54) is 6.07 Å². The standard InChI is InChI=1S/C10H7ClFNO/c11-9-7(14)2-1-6(12)8(9)10(5-13)3-4-10/h1-2,14H,3-4H2. The van der Waals surface area contributed by atoms with Gasteiger partial charge in [-0.05, 0) is 25.0 Å². The number of aromatic hydroxyl groups is 1. The second kappa shape index (κ2) is 2.86. The van der Waals surface area contributed by atoms with Gasteiger partial charge in [-0.2, -0.15) is 5.26 Å². The summed E-state index contributed by atoms with van der Waals surface area (Å²) in [6, 6.07) is 4.36. The third kappa shape index (κ3) is 1.15. The molecule has 0 aromatic heterocycles. The summed E-state index contributed by atoms with van der Waals surface area (Å²) in [7, 11) is 0. The summed E-state index contributed by atoms with van der Waals surface area (Å²) in [6.45, 7) is 0. The molecule has 0 radical (unpaired) electrons. The van der Waals surface area contributed by atoms with Crippen LogP contribution in [0.5, 0.6) is 5.75 Å². The number of hydrogen-bond acceptors (Lipinski definition) is 2. The van der Waals surface area contributed by atoms with Gasteiger partial charge in [0.15, 0.2) is 0 Å². The largest absolute Gasteiger partial charge is 0.506 e. The van der Waals surface area contributed by atoms with Crippen molar-refractivity contribution in [2.45, 2.75) is 18.3 Å². The molecule has 2 nitrogen and oxygen atoms in total. The Morgan fingerprint density at radius 3 is 2.64 bits per heavy atom. The molecule has 1 aliphatic rings. The number of hydrogen-bond donors (Lipinski definition) is 1. The molecule has 0 amide bonds. The molecular formula is C10H7ClFNO. The second-order valence-electron chi connectivity index (χ2n) is 3.45. The molecule has 1 N–H and O–H groups in total. The Balaban J connectivity index is 2.64. The first-order valence-electron chi connectivity index (χ1n) is 4.19. The fourth-order valence-electron chi connectivity index (χ4n) is 1.52. The first kappa shape index (κ1) is 9.29. The molecule has 0 aliphatic heterocycles. The summed E-state index contributed by atoms with van der Waals surface area (Å²) in [5, 5.41) is 18.2. The van der Waals surface area contributed by atoms with Crippen molar-refractivity contribution in [1.29, 1.82) is 5.26 Å². The molecule has 1 aromatic carbocycles. The highest BCUT2D eigenvalue weighted by Crippen LogP contribution is 2.52. The lowest BCUT2D eigenvalue weighted by molar-refractivity contribution is 0.470. The molecular weight excluding hydrogens is 205 g/mol. The van der Waals surface area contributed by atoms with Crippen molar-refractivity contribution in [3.05, 3.63) is 28.5 Å². The summed E-state index contributed by atoms with van der Waals surface area (Å²) in [6.07, 6.45) is 1.20. The van der Waals surface area contributed by atoms with E-state index in [4.69, 9.17) is 16.9 Å². The molecule has 1 fully saturated rings. The minimum atomic E-state index is -0.806. The van der Waals surface area contributed by atoms with Crippen LogP contribution in [-0.4, -0.2) is 5.11 Å². The number of phenolic OH excluding ortho intramolecular Hbond substituents is 1. The van der Waals surface area contributed by atoms with E-state index in [2.05, 4.69) is 0 Å². The molecule has 0 atom stereocenters. The maximum Gasteiger partial charge on any atom is 0.134 e. The van der Waals surface area contributed by atoms with E-state index >= 15 is 0 Å². The molecule has 14 heavy (non-hydrogen) atoms. The zero-order chi connectivity index (χ0) is 10.3. The number of halogens is 2. The van der Waals surface area contributed by atoms with Crippen LogP contribution in [0.25, 0.3) is 0 Å². The van der Waals surface area contributed by atoms with Crippen LogP contribution in [0.4, 0.5) is 4.39 Å². The zero-order valence-electron chi connectivity index (χ0n) is 7.22. The molecule has 0 saturated heterocycles. The lowest BCUT2D eigenvalue weighted by Crippen LogP contribution is -2.06. The minimum absolute atomic E-state index is 0.0379. The Kier molecular flexibility index (Phi) is 1.90. The van der Waals surface area contributed by atoms with Crippen molar-refractivity contribution in [2.24, 2.45) is 0 Å². The van der Waals surface area contributed by atoms with E-state index < -0.39 is 11.2 Å². The number of nitriles is 1. The van der Waals surface area contributed by atoms with Crippen LogP contribution >= 0.6 is 11.6 Å². The highest BCUT2D eigenvalue weighted by Gasteiger charge is 2.48. The first-order chi connectivity index (χ1) is 6.60. The van der Waals surface area contributed by atoms with Crippen molar-refractivity contribution in [2.75, 3.05) is 0 Å². The molecule has 0 unspecified atom stereocenters. The number of rotatable bonds is 1. The van der Waals surface area contributed by atoms with E-state index in [0.29, 0.717) is 12.8 Å². The topological polar surface area (TPSA) is 44.0 Å². The Bertz CT molecular complexity index is 434. The Morgan fingerprint density at radius 1 is 1.50 bits per heavy atom. The van der Waals surface area contributed by atoms with E-state index in [-0.39, 0.29) is 16.3 Å². The Labute approximate surface area is 85.5 Å². The maximum atomic E-state index is 13.4. The van der Waals surface area contributed by atoms with E-state index in [1.807, 2.05) is 6.07 Å². The number of nitrogens with zero attached hydrogens (tertiary/aromatic N) is 1. The maximum absolute atomic E-state index is 13.4. The van der Waals surface area contributed by atoms with Crippen LogP contribution in [0.3, 0.4) is 0 Å². The summed E-state index contributed by atoms with van der Waals surface area (Å²) in [5.74, 6) is -0.698. The van der Waals surface area contributed by atoms with Gasteiger partial charge in [-0.3, -0.25) is 0 Å². The van der Waals surface area contributed by atoms with Gasteiger partial charge in [0.2, 0.25) is 0 Å². The first-order valence-corrected chi connectivity index (χ1v) is 4.57. The van der Waals surface area contributed by atoms with Gasteiger partial charge in [-0.1, -0.05) is 11.6 Å². The molecule has 0 bridgehead atoms. The summed E-state index contributed by atoms with van der Waals surface area (Å²) in [5.41, 5.74) is -0.665. The molecule has 0 spiro atoms. The van der Waals surface area contributed by atoms with Crippen molar-refractivity contribution >= 4 is 11.6 Å². The summed E-state index contributed by atoms with van der Waals surface area (Å²) >= 11 is 5.76. The Morgan fingerprint density at radius 2 is 2.14 bits per heavy atom. The average Bonchev–Trinajstić information content (AvgIpc) is 2.93. The van der Waals surface area contributed by atoms with Gasteiger partial charge in [0, 0.05) is 5.56 Å². The van der Waals surface area contributed by atoms with Crippen molar-refractivity contribution < 1.29 is 9.50 Å². The fraction of sp³-hybridized carbons (Fsp3) is 0.300. The van der Waals surface area contributed by atoms with Gasteiger partial charge in [0.05, 0.1) is 16.5 Å². The van der Waals surface area contributed by atoms with Gasteiger partial charge in [0.25, 0.3) is 0 Å².